The molecule has 9 nitrogen and oxygen atoms in total. The van der Waals surface area contributed by atoms with Gasteiger partial charge in [-0.1, -0.05) is 11.6 Å². The number of carbonyl (C=O) groups is 1. The first-order valence-electron chi connectivity index (χ1n) is 15.3. The average molecular weight is 681 g/mol. The predicted molar refractivity (Wildman–Crippen MR) is 174 cm³/mol. The first kappa shape index (κ1) is 37.2. The summed E-state index contributed by atoms with van der Waals surface area (Å²) in [7, 11) is -5.82. The maximum Gasteiger partial charge on any atom is 0.573 e. The highest BCUT2D eigenvalue weighted by atomic mass is 32.2. The molecule has 2 fully saturated rings. The van der Waals surface area contributed by atoms with Crippen molar-refractivity contribution in [3.63, 3.8) is 0 Å². The Morgan fingerprint density at radius 2 is 1.19 bits per heavy atom. The second kappa shape index (κ2) is 12.1. The van der Waals surface area contributed by atoms with Crippen LogP contribution in [-0.2, 0) is 37.9 Å². The molecule has 2 aromatic carbocycles. The highest BCUT2D eigenvalue weighted by molar-refractivity contribution is 7.93. The molecule has 4 rings (SSSR count). The second-order valence-corrected chi connectivity index (χ2v) is 17.2. The molecule has 0 radical (unpaired) electrons. The maximum absolute atomic E-state index is 15.3. The van der Waals surface area contributed by atoms with E-state index in [1.165, 1.54) is 6.07 Å². The van der Waals surface area contributed by atoms with Gasteiger partial charge in [0.2, 0.25) is 0 Å². The van der Waals surface area contributed by atoms with Crippen molar-refractivity contribution in [2.45, 2.75) is 127 Å². The molecule has 258 valence electrons. The summed E-state index contributed by atoms with van der Waals surface area (Å²) in [4.78, 5) is 12.8. The lowest BCUT2D eigenvalue weighted by molar-refractivity contribution is -0.274. The molecule has 15 heteroatoms. The third kappa shape index (κ3) is 8.18. The van der Waals surface area contributed by atoms with Crippen LogP contribution in [0.25, 0.3) is 0 Å². The van der Waals surface area contributed by atoms with Gasteiger partial charge in [-0.05, 0) is 124 Å². The third-order valence-corrected chi connectivity index (χ3v) is 10.9. The summed E-state index contributed by atoms with van der Waals surface area (Å²) in [5.74, 6) is -1.42. The van der Waals surface area contributed by atoms with Gasteiger partial charge in [-0.25, -0.2) is 8.57 Å². The number of alkyl halides is 3. The number of carbonyl (C=O) groups excluding carboxylic acids is 1. The molecular formula is C32H44B2F3NO8S. The molecule has 1 atom stereocenters. The Kier molecular flexibility index (Phi) is 9.57. The highest BCUT2D eigenvalue weighted by Crippen LogP contribution is 2.39. The first-order chi connectivity index (χ1) is 21.1. The summed E-state index contributed by atoms with van der Waals surface area (Å²) in [6.07, 6.45) is -5.06. The van der Waals surface area contributed by atoms with Crippen LogP contribution in [0.1, 0.15) is 81.7 Å². The SMILES string of the molecule is Cc1cc(B2OC(C)(C)C(C)(C)O2)cc(S(=O)(=NCC(=O)OC(C)(C)C)c2cc(OC(F)(F)F)cc(B3OC(C)(C)C(C)(C)O3)c2)c1. The van der Waals surface area contributed by atoms with Crippen LogP contribution in [0.15, 0.2) is 50.6 Å². The summed E-state index contributed by atoms with van der Waals surface area (Å²) >= 11 is 0. The van der Waals surface area contributed by atoms with E-state index in [0.29, 0.717) is 11.0 Å². The summed E-state index contributed by atoms with van der Waals surface area (Å²) in [6, 6.07) is 8.50. The number of hydrogen-bond donors (Lipinski definition) is 0. The average Bonchev–Trinajstić information content (AvgIpc) is 3.24. The Balaban J connectivity index is 1.94. The van der Waals surface area contributed by atoms with E-state index in [9.17, 15) is 18.0 Å². The smallest absolute Gasteiger partial charge is 0.459 e. The van der Waals surface area contributed by atoms with Gasteiger partial charge in [-0.15, -0.1) is 13.2 Å². The Morgan fingerprint density at radius 3 is 1.62 bits per heavy atom. The molecule has 2 heterocycles. The standard InChI is InChI=1S/C32H44B2F3NO8S/c1-20-13-21(33-43-28(5,6)29(7,8)44-33)16-24(14-20)47(40,38-19-26(39)42-27(2,3)4)25-17-22(15-23(18-25)41-32(35,36)37)34-45-30(9,10)31(11,12)46-34/h13-18H,19H2,1-12H3. The Bertz CT molecular complexity index is 1630. The van der Waals surface area contributed by atoms with Crippen molar-refractivity contribution in [3.05, 3.63) is 42.0 Å². The molecule has 1 unspecified atom stereocenters. The number of ether oxygens (including phenoxy) is 2. The lowest BCUT2D eigenvalue weighted by Gasteiger charge is -2.32. The fourth-order valence-electron chi connectivity index (χ4n) is 4.92. The monoisotopic (exact) mass is 681 g/mol. The quantitative estimate of drug-likeness (QED) is 0.270. The zero-order chi connectivity index (χ0) is 35.6. The zero-order valence-corrected chi connectivity index (χ0v) is 29.9. The van der Waals surface area contributed by atoms with E-state index in [0.717, 1.165) is 12.1 Å². The minimum Gasteiger partial charge on any atom is -0.459 e. The number of nitrogens with zero attached hydrogens (tertiary/aromatic N) is 1. The van der Waals surface area contributed by atoms with Crippen LogP contribution in [0.4, 0.5) is 13.2 Å². The van der Waals surface area contributed by atoms with Crippen molar-refractivity contribution < 1.29 is 50.3 Å². The fraction of sp³-hybridized carbons (Fsp3) is 0.594. The molecule has 0 spiro atoms. The molecule has 0 aromatic heterocycles. The van der Waals surface area contributed by atoms with Gasteiger partial charge in [0, 0.05) is 0 Å². The van der Waals surface area contributed by atoms with Gasteiger partial charge in [0.25, 0.3) is 0 Å². The van der Waals surface area contributed by atoms with Gasteiger partial charge in [0.05, 0.1) is 32.2 Å². The van der Waals surface area contributed by atoms with Crippen LogP contribution in [0, 0.1) is 6.92 Å². The van der Waals surface area contributed by atoms with Crippen molar-refractivity contribution in [3.8, 4) is 5.75 Å². The van der Waals surface area contributed by atoms with E-state index in [1.54, 1.807) is 73.6 Å². The Labute approximate surface area is 276 Å². The molecule has 0 amide bonds. The van der Waals surface area contributed by atoms with Crippen molar-refractivity contribution in [2.75, 3.05) is 6.54 Å². The van der Waals surface area contributed by atoms with Crippen LogP contribution in [0.2, 0.25) is 0 Å². The van der Waals surface area contributed by atoms with Crippen molar-refractivity contribution >= 4 is 40.9 Å². The third-order valence-electron chi connectivity index (χ3n) is 8.69. The van der Waals surface area contributed by atoms with E-state index < -0.39 is 76.6 Å². The van der Waals surface area contributed by atoms with Crippen molar-refractivity contribution in [1.82, 2.24) is 0 Å². The molecule has 2 aromatic rings. The maximum atomic E-state index is 15.3. The largest absolute Gasteiger partial charge is 0.573 e. The molecule has 47 heavy (non-hydrogen) atoms. The van der Waals surface area contributed by atoms with E-state index in [1.807, 2.05) is 27.7 Å². The molecule has 2 saturated heterocycles. The van der Waals surface area contributed by atoms with E-state index in [2.05, 4.69) is 9.10 Å². The molecule has 0 bridgehead atoms. The summed E-state index contributed by atoms with van der Waals surface area (Å²) in [5.41, 5.74) is -2.56. The number of halogens is 3. The number of hydrogen-bond acceptors (Lipinski definition) is 9. The minimum atomic E-state index is -5.06. The highest BCUT2D eigenvalue weighted by Gasteiger charge is 2.53. The first-order valence-corrected chi connectivity index (χ1v) is 16.8. The van der Waals surface area contributed by atoms with E-state index in [-0.39, 0.29) is 15.3 Å². The number of aryl methyl sites for hydroxylation is 1. The Hall–Kier alpha value is -2.58. The molecule has 2 aliphatic rings. The normalized spacial score (nSPS) is 21.3. The second-order valence-electron chi connectivity index (χ2n) is 14.9. The van der Waals surface area contributed by atoms with Crippen LogP contribution in [0.3, 0.4) is 0 Å². The van der Waals surface area contributed by atoms with Gasteiger partial charge in [0.1, 0.15) is 27.6 Å². The van der Waals surface area contributed by atoms with Crippen molar-refractivity contribution in [1.29, 1.82) is 0 Å². The molecule has 0 aliphatic carbocycles. The van der Waals surface area contributed by atoms with Gasteiger partial charge in [-0.2, -0.15) is 0 Å². The lowest BCUT2D eigenvalue weighted by atomic mass is 9.78. The van der Waals surface area contributed by atoms with Crippen LogP contribution >= 0.6 is 0 Å². The minimum absolute atomic E-state index is 0.120. The zero-order valence-electron chi connectivity index (χ0n) is 29.1. The molecular weight excluding hydrogens is 637 g/mol. The number of rotatable bonds is 7. The van der Waals surface area contributed by atoms with Crippen LogP contribution in [-0.4, -0.2) is 65.3 Å². The predicted octanol–water partition coefficient (Wildman–Crippen LogP) is 5.72. The number of benzene rings is 2. The summed E-state index contributed by atoms with van der Waals surface area (Å²) in [6.45, 7) is 20.9. The summed E-state index contributed by atoms with van der Waals surface area (Å²) in [5, 5.41) is 0. The summed E-state index contributed by atoms with van der Waals surface area (Å²) < 4.78 is 94.9. The topological polar surface area (TPSA) is 102 Å². The van der Waals surface area contributed by atoms with Gasteiger partial charge in [0.15, 0.2) is 0 Å². The van der Waals surface area contributed by atoms with E-state index >= 15 is 4.21 Å². The molecule has 0 N–H and O–H groups in total. The Morgan fingerprint density at radius 1 is 0.766 bits per heavy atom. The van der Waals surface area contributed by atoms with Gasteiger partial charge < -0.3 is 28.1 Å². The number of esters is 1. The van der Waals surface area contributed by atoms with Crippen LogP contribution < -0.4 is 15.7 Å². The lowest BCUT2D eigenvalue weighted by Crippen LogP contribution is -2.41. The molecule has 0 saturated carbocycles. The molecule has 2 aliphatic heterocycles. The van der Waals surface area contributed by atoms with Crippen LogP contribution in [0.5, 0.6) is 5.75 Å². The van der Waals surface area contributed by atoms with Gasteiger partial charge >= 0.3 is 26.6 Å². The van der Waals surface area contributed by atoms with Gasteiger partial charge in [-0.3, -0.25) is 4.79 Å². The van der Waals surface area contributed by atoms with E-state index in [4.69, 9.17) is 23.4 Å². The van der Waals surface area contributed by atoms with Crippen molar-refractivity contribution in [2.24, 2.45) is 4.36 Å². The fourth-order valence-corrected chi connectivity index (χ4v) is 6.99.